The molecule has 0 amide bonds. The number of nitrogens with one attached hydrogen (secondary N) is 1. The van der Waals surface area contributed by atoms with Crippen LogP contribution in [0.5, 0.6) is 0 Å². The van der Waals surface area contributed by atoms with Gasteiger partial charge in [-0.25, -0.2) is 8.42 Å². The number of nitrogens with zero attached hydrogens (tertiary/aromatic N) is 2. The SMILES string of the molecule is CNCc1ccc(Br)c(S(=O)(=O)N2CCN(C)C(C)C2)c1. The molecule has 0 spiro atoms. The second-order valence-corrected chi connectivity index (χ2v) is 8.25. The molecular formula is C14H22BrN3O2S. The number of halogens is 1. The van der Waals surface area contributed by atoms with E-state index in [1.807, 2.05) is 27.1 Å². The van der Waals surface area contributed by atoms with Crippen LogP contribution in [0.2, 0.25) is 0 Å². The van der Waals surface area contributed by atoms with Gasteiger partial charge in [-0.2, -0.15) is 4.31 Å². The van der Waals surface area contributed by atoms with E-state index in [0.717, 1.165) is 12.1 Å². The second kappa shape index (κ2) is 6.75. The summed E-state index contributed by atoms with van der Waals surface area (Å²) in [5, 5.41) is 3.04. The molecule has 1 aromatic rings. The van der Waals surface area contributed by atoms with E-state index in [-0.39, 0.29) is 6.04 Å². The average molecular weight is 376 g/mol. The Bertz CT molecular complexity index is 606. The summed E-state index contributed by atoms with van der Waals surface area (Å²) in [4.78, 5) is 2.53. The average Bonchev–Trinajstić information content (AvgIpc) is 2.44. The Kier molecular flexibility index (Phi) is 5.43. The molecule has 7 heteroatoms. The van der Waals surface area contributed by atoms with Gasteiger partial charge in [0, 0.05) is 36.7 Å². The maximum atomic E-state index is 12.9. The van der Waals surface area contributed by atoms with Crippen molar-refractivity contribution in [1.82, 2.24) is 14.5 Å². The highest BCUT2D eigenvalue weighted by Crippen LogP contribution is 2.27. The van der Waals surface area contributed by atoms with Crippen LogP contribution in [-0.2, 0) is 16.6 Å². The van der Waals surface area contributed by atoms with Crippen LogP contribution in [0.4, 0.5) is 0 Å². The molecule has 1 unspecified atom stereocenters. The van der Waals surface area contributed by atoms with E-state index < -0.39 is 10.0 Å². The van der Waals surface area contributed by atoms with Crippen LogP contribution in [-0.4, -0.2) is 57.4 Å². The molecule has 0 bridgehead atoms. The normalized spacial score (nSPS) is 21.6. The molecule has 1 saturated heterocycles. The largest absolute Gasteiger partial charge is 0.316 e. The zero-order valence-electron chi connectivity index (χ0n) is 12.6. The van der Waals surface area contributed by atoms with Gasteiger partial charge in [0.05, 0.1) is 4.90 Å². The van der Waals surface area contributed by atoms with E-state index in [9.17, 15) is 8.42 Å². The molecule has 1 atom stereocenters. The zero-order chi connectivity index (χ0) is 15.6. The van der Waals surface area contributed by atoms with Crippen molar-refractivity contribution in [3.8, 4) is 0 Å². The van der Waals surface area contributed by atoms with Crippen molar-refractivity contribution in [2.75, 3.05) is 33.7 Å². The summed E-state index contributed by atoms with van der Waals surface area (Å²) in [5.41, 5.74) is 0.960. The number of hydrogen-bond donors (Lipinski definition) is 1. The molecule has 0 radical (unpaired) electrons. The molecule has 1 aliphatic rings. The Morgan fingerprint density at radius 1 is 1.38 bits per heavy atom. The number of rotatable bonds is 4. The second-order valence-electron chi connectivity index (χ2n) is 5.49. The quantitative estimate of drug-likeness (QED) is 0.865. The van der Waals surface area contributed by atoms with E-state index in [2.05, 4.69) is 26.1 Å². The molecule has 118 valence electrons. The Morgan fingerprint density at radius 3 is 2.71 bits per heavy atom. The monoisotopic (exact) mass is 375 g/mol. The van der Waals surface area contributed by atoms with Crippen molar-refractivity contribution in [2.24, 2.45) is 0 Å². The molecule has 21 heavy (non-hydrogen) atoms. The first kappa shape index (κ1) is 16.9. The van der Waals surface area contributed by atoms with Crippen LogP contribution in [0, 0.1) is 0 Å². The summed E-state index contributed by atoms with van der Waals surface area (Å²) in [6.45, 7) is 4.52. The minimum Gasteiger partial charge on any atom is -0.316 e. The summed E-state index contributed by atoms with van der Waals surface area (Å²) < 4.78 is 28.0. The van der Waals surface area contributed by atoms with Crippen molar-refractivity contribution in [1.29, 1.82) is 0 Å². The lowest BCUT2D eigenvalue weighted by Gasteiger charge is -2.37. The standard InChI is InChI=1S/C14H22BrN3O2S/c1-11-10-18(7-6-17(11)3)21(19,20)14-8-12(9-16-2)4-5-13(14)15/h4-5,8,11,16H,6-7,9-10H2,1-3H3. The van der Waals surface area contributed by atoms with Crippen molar-refractivity contribution < 1.29 is 8.42 Å². The number of likely N-dealkylation sites (N-methyl/N-ethyl adjacent to an activating group) is 1. The lowest BCUT2D eigenvalue weighted by atomic mass is 10.2. The minimum absolute atomic E-state index is 0.229. The molecule has 1 heterocycles. The van der Waals surface area contributed by atoms with Crippen LogP contribution in [0.3, 0.4) is 0 Å². The van der Waals surface area contributed by atoms with Gasteiger partial charge in [0.1, 0.15) is 0 Å². The van der Waals surface area contributed by atoms with Crippen LogP contribution in [0.1, 0.15) is 12.5 Å². The van der Waals surface area contributed by atoms with E-state index in [0.29, 0.717) is 29.0 Å². The highest BCUT2D eigenvalue weighted by Gasteiger charge is 2.32. The Morgan fingerprint density at radius 2 is 2.10 bits per heavy atom. The van der Waals surface area contributed by atoms with Gasteiger partial charge in [0.15, 0.2) is 0 Å². The molecule has 1 aromatic carbocycles. The van der Waals surface area contributed by atoms with Gasteiger partial charge in [-0.05, 0) is 54.6 Å². The predicted octanol–water partition coefficient (Wildman–Crippen LogP) is 1.49. The van der Waals surface area contributed by atoms with Crippen molar-refractivity contribution >= 4 is 26.0 Å². The zero-order valence-corrected chi connectivity index (χ0v) is 15.0. The molecule has 1 N–H and O–H groups in total. The molecule has 1 aliphatic heterocycles. The first-order valence-corrected chi connectivity index (χ1v) is 9.23. The van der Waals surface area contributed by atoms with Crippen LogP contribution >= 0.6 is 15.9 Å². The summed E-state index contributed by atoms with van der Waals surface area (Å²) in [6.07, 6.45) is 0. The first-order chi connectivity index (χ1) is 9.86. The smallest absolute Gasteiger partial charge is 0.244 e. The van der Waals surface area contributed by atoms with Gasteiger partial charge in [-0.3, -0.25) is 0 Å². The fourth-order valence-corrected chi connectivity index (χ4v) is 4.92. The van der Waals surface area contributed by atoms with Crippen molar-refractivity contribution in [3.05, 3.63) is 28.2 Å². The topological polar surface area (TPSA) is 52.7 Å². The third-order valence-corrected chi connectivity index (χ3v) is 6.78. The van der Waals surface area contributed by atoms with E-state index in [1.165, 1.54) is 0 Å². The lowest BCUT2D eigenvalue weighted by molar-refractivity contribution is 0.159. The summed E-state index contributed by atoms with van der Waals surface area (Å²) in [6, 6.07) is 5.71. The lowest BCUT2D eigenvalue weighted by Crippen LogP contribution is -2.51. The number of piperazine rings is 1. The molecule has 2 rings (SSSR count). The van der Waals surface area contributed by atoms with Crippen LogP contribution < -0.4 is 5.32 Å². The fourth-order valence-electron chi connectivity index (χ4n) is 2.43. The van der Waals surface area contributed by atoms with Gasteiger partial charge in [0.2, 0.25) is 10.0 Å². The minimum atomic E-state index is -3.46. The number of sulfonamides is 1. The van der Waals surface area contributed by atoms with Crippen LogP contribution in [0.25, 0.3) is 0 Å². The van der Waals surface area contributed by atoms with E-state index in [4.69, 9.17) is 0 Å². The molecule has 0 aromatic heterocycles. The van der Waals surface area contributed by atoms with Crippen LogP contribution in [0.15, 0.2) is 27.6 Å². The summed E-state index contributed by atoms with van der Waals surface area (Å²) >= 11 is 3.37. The van der Waals surface area contributed by atoms with Gasteiger partial charge < -0.3 is 10.2 Å². The van der Waals surface area contributed by atoms with Gasteiger partial charge in [-0.15, -0.1) is 0 Å². The third-order valence-electron chi connectivity index (χ3n) is 3.92. The highest BCUT2D eigenvalue weighted by atomic mass is 79.9. The van der Waals surface area contributed by atoms with Gasteiger partial charge in [-0.1, -0.05) is 6.07 Å². The van der Waals surface area contributed by atoms with E-state index in [1.54, 1.807) is 16.4 Å². The van der Waals surface area contributed by atoms with Gasteiger partial charge >= 0.3 is 0 Å². The third kappa shape index (κ3) is 3.65. The maximum absolute atomic E-state index is 12.9. The highest BCUT2D eigenvalue weighted by molar-refractivity contribution is 9.10. The van der Waals surface area contributed by atoms with Crippen molar-refractivity contribution in [3.63, 3.8) is 0 Å². The van der Waals surface area contributed by atoms with Crippen molar-refractivity contribution in [2.45, 2.75) is 24.4 Å². The predicted molar refractivity (Wildman–Crippen MR) is 87.8 cm³/mol. The number of hydrogen-bond acceptors (Lipinski definition) is 4. The Labute approximate surface area is 135 Å². The van der Waals surface area contributed by atoms with E-state index >= 15 is 0 Å². The summed E-state index contributed by atoms with van der Waals surface area (Å²) in [7, 11) is 0.414. The molecule has 0 aliphatic carbocycles. The maximum Gasteiger partial charge on any atom is 0.244 e. The number of benzene rings is 1. The first-order valence-electron chi connectivity index (χ1n) is 6.99. The molecular weight excluding hydrogens is 354 g/mol. The van der Waals surface area contributed by atoms with Gasteiger partial charge in [0.25, 0.3) is 0 Å². The Balaban J connectivity index is 2.33. The molecule has 0 saturated carbocycles. The summed E-state index contributed by atoms with van der Waals surface area (Å²) in [5.74, 6) is 0. The fraction of sp³-hybridized carbons (Fsp3) is 0.571. The molecule has 5 nitrogen and oxygen atoms in total. The molecule has 1 fully saturated rings. The Hall–Kier alpha value is -0.470.